The molecule has 0 spiro atoms. The van der Waals surface area contributed by atoms with Gasteiger partial charge in [-0.3, -0.25) is 0 Å². The first-order chi connectivity index (χ1) is 5.91. The van der Waals surface area contributed by atoms with Crippen molar-refractivity contribution in [1.29, 1.82) is 0 Å². The maximum Gasteiger partial charge on any atom is 0.180 e. The first-order valence-corrected chi connectivity index (χ1v) is 4.31. The highest BCUT2D eigenvalue weighted by Gasteiger charge is 1.88. The van der Waals surface area contributed by atoms with Gasteiger partial charge in [0.05, 0.1) is 19.8 Å². The minimum atomic E-state index is 0.170. The monoisotopic (exact) mass is 178 g/mol. The number of hydrogen-bond acceptors (Lipinski definition) is 4. The van der Waals surface area contributed by atoms with E-state index in [1.807, 2.05) is 6.92 Å². The maximum absolute atomic E-state index is 5.17. The summed E-state index contributed by atoms with van der Waals surface area (Å²) in [5.74, 6) is 0. The maximum atomic E-state index is 5.17. The van der Waals surface area contributed by atoms with Crippen LogP contribution >= 0.6 is 0 Å². The van der Waals surface area contributed by atoms with Gasteiger partial charge in [-0.2, -0.15) is 0 Å². The van der Waals surface area contributed by atoms with Crippen molar-refractivity contribution in [3.05, 3.63) is 0 Å². The van der Waals surface area contributed by atoms with Gasteiger partial charge in [-0.1, -0.05) is 6.92 Å². The van der Waals surface area contributed by atoms with Crippen LogP contribution in [0.15, 0.2) is 0 Å². The van der Waals surface area contributed by atoms with Crippen molar-refractivity contribution < 1.29 is 19.2 Å². The van der Waals surface area contributed by atoms with Crippen LogP contribution in [-0.4, -0.2) is 33.2 Å². The van der Waals surface area contributed by atoms with Crippen molar-refractivity contribution in [2.75, 3.05) is 33.2 Å². The summed E-state index contributed by atoms with van der Waals surface area (Å²) in [6.07, 6.45) is 1.04. The molecule has 0 rings (SSSR count). The van der Waals surface area contributed by atoms with E-state index in [0.717, 1.165) is 13.0 Å². The highest BCUT2D eigenvalue weighted by molar-refractivity contribution is 4.27. The highest BCUT2D eigenvalue weighted by atomic mass is 17.2. The van der Waals surface area contributed by atoms with Gasteiger partial charge in [0.25, 0.3) is 0 Å². The molecule has 0 heterocycles. The van der Waals surface area contributed by atoms with E-state index in [4.69, 9.17) is 9.47 Å². The summed E-state index contributed by atoms with van der Waals surface area (Å²) >= 11 is 0. The summed E-state index contributed by atoms with van der Waals surface area (Å²) in [6.45, 7) is 6.58. The second-order valence-electron chi connectivity index (χ2n) is 2.16. The van der Waals surface area contributed by atoms with Crippen LogP contribution in [0.5, 0.6) is 0 Å². The Morgan fingerprint density at radius 2 is 1.58 bits per heavy atom. The van der Waals surface area contributed by atoms with Crippen LogP contribution in [0.25, 0.3) is 0 Å². The van der Waals surface area contributed by atoms with Crippen LogP contribution in [0.3, 0.4) is 0 Å². The molecule has 0 saturated carbocycles. The summed E-state index contributed by atoms with van der Waals surface area (Å²) in [5.41, 5.74) is 0. The third kappa shape index (κ3) is 9.84. The molecule has 0 fully saturated rings. The number of rotatable bonds is 9. The number of ether oxygens (including phenoxy) is 2. The Balaban J connectivity index is 2.73. The predicted molar refractivity (Wildman–Crippen MR) is 44.6 cm³/mol. The van der Waals surface area contributed by atoms with E-state index in [1.54, 1.807) is 0 Å². The average molecular weight is 178 g/mol. The highest BCUT2D eigenvalue weighted by Crippen LogP contribution is 1.83. The molecule has 0 amide bonds. The molecule has 0 radical (unpaired) electrons. The van der Waals surface area contributed by atoms with Crippen molar-refractivity contribution >= 4 is 0 Å². The Bertz CT molecular complexity index is 67.5. The quantitative estimate of drug-likeness (QED) is 0.231. The lowest BCUT2D eigenvalue weighted by Crippen LogP contribution is -2.07. The van der Waals surface area contributed by atoms with Crippen LogP contribution in [0, 0.1) is 0 Å². The Kier molecular flexibility index (Phi) is 10.7. The summed E-state index contributed by atoms with van der Waals surface area (Å²) in [5, 5.41) is 0. The Hall–Kier alpha value is -0.160. The SMILES string of the molecule is CCCOCCOCOOCC. The zero-order valence-corrected chi connectivity index (χ0v) is 7.88. The summed E-state index contributed by atoms with van der Waals surface area (Å²) in [4.78, 5) is 9.21. The zero-order valence-electron chi connectivity index (χ0n) is 7.88. The van der Waals surface area contributed by atoms with E-state index in [2.05, 4.69) is 16.7 Å². The third-order valence-corrected chi connectivity index (χ3v) is 1.05. The standard InChI is InChI=1S/C8H18O4/c1-3-5-9-6-7-10-8-12-11-4-2/h3-8H2,1-2H3. The first kappa shape index (κ1) is 11.8. The summed E-state index contributed by atoms with van der Waals surface area (Å²) in [6, 6.07) is 0. The van der Waals surface area contributed by atoms with E-state index in [-0.39, 0.29) is 6.79 Å². The molecule has 0 N–H and O–H groups in total. The van der Waals surface area contributed by atoms with Crippen molar-refractivity contribution in [3.63, 3.8) is 0 Å². The molecule has 0 aliphatic carbocycles. The van der Waals surface area contributed by atoms with Crippen LogP contribution in [0.1, 0.15) is 20.3 Å². The molecule has 0 aromatic carbocycles. The molecule has 74 valence electrons. The van der Waals surface area contributed by atoms with Gasteiger partial charge in [-0.05, 0) is 13.3 Å². The van der Waals surface area contributed by atoms with Gasteiger partial charge in [0.2, 0.25) is 0 Å². The molecule has 0 atom stereocenters. The lowest BCUT2D eigenvalue weighted by Gasteiger charge is -2.04. The summed E-state index contributed by atoms with van der Waals surface area (Å²) in [7, 11) is 0. The molecular weight excluding hydrogens is 160 g/mol. The molecule has 4 heteroatoms. The molecule has 4 nitrogen and oxygen atoms in total. The van der Waals surface area contributed by atoms with Gasteiger partial charge in [0.1, 0.15) is 0 Å². The van der Waals surface area contributed by atoms with E-state index in [9.17, 15) is 0 Å². The third-order valence-electron chi connectivity index (χ3n) is 1.05. The van der Waals surface area contributed by atoms with E-state index < -0.39 is 0 Å². The minimum Gasteiger partial charge on any atom is -0.379 e. The van der Waals surface area contributed by atoms with Crippen molar-refractivity contribution in [1.82, 2.24) is 0 Å². The fourth-order valence-electron chi connectivity index (χ4n) is 0.575. The lowest BCUT2D eigenvalue weighted by atomic mass is 10.5. The largest absolute Gasteiger partial charge is 0.379 e. The van der Waals surface area contributed by atoms with E-state index in [0.29, 0.717) is 19.8 Å². The van der Waals surface area contributed by atoms with Crippen LogP contribution in [-0.2, 0) is 19.2 Å². The van der Waals surface area contributed by atoms with E-state index >= 15 is 0 Å². The predicted octanol–water partition coefficient (Wildman–Crippen LogP) is 1.36. The van der Waals surface area contributed by atoms with Crippen molar-refractivity contribution in [3.8, 4) is 0 Å². The fourth-order valence-corrected chi connectivity index (χ4v) is 0.575. The van der Waals surface area contributed by atoms with Crippen LogP contribution < -0.4 is 0 Å². The molecule has 0 bridgehead atoms. The van der Waals surface area contributed by atoms with Crippen molar-refractivity contribution in [2.45, 2.75) is 20.3 Å². The molecule has 0 saturated heterocycles. The Morgan fingerprint density at radius 3 is 2.25 bits per heavy atom. The van der Waals surface area contributed by atoms with Gasteiger partial charge in [0.15, 0.2) is 6.79 Å². The summed E-state index contributed by atoms with van der Waals surface area (Å²) < 4.78 is 10.2. The first-order valence-electron chi connectivity index (χ1n) is 4.31. The van der Waals surface area contributed by atoms with Crippen LogP contribution in [0.4, 0.5) is 0 Å². The van der Waals surface area contributed by atoms with Gasteiger partial charge in [-0.15, -0.1) is 0 Å². The fraction of sp³-hybridized carbons (Fsp3) is 1.00. The van der Waals surface area contributed by atoms with Crippen LogP contribution in [0.2, 0.25) is 0 Å². The zero-order chi connectivity index (χ0) is 9.07. The average Bonchev–Trinajstić information content (AvgIpc) is 2.10. The lowest BCUT2D eigenvalue weighted by molar-refractivity contribution is -0.334. The van der Waals surface area contributed by atoms with Gasteiger partial charge in [-0.25, -0.2) is 9.78 Å². The van der Waals surface area contributed by atoms with Gasteiger partial charge < -0.3 is 9.47 Å². The minimum absolute atomic E-state index is 0.170. The van der Waals surface area contributed by atoms with E-state index in [1.165, 1.54) is 0 Å². The molecule has 0 unspecified atom stereocenters. The second kappa shape index (κ2) is 10.8. The number of hydrogen-bond donors (Lipinski definition) is 0. The molecule has 0 aliphatic rings. The van der Waals surface area contributed by atoms with Crippen molar-refractivity contribution in [2.24, 2.45) is 0 Å². The smallest absolute Gasteiger partial charge is 0.180 e. The Labute approximate surface area is 73.7 Å². The molecule has 12 heavy (non-hydrogen) atoms. The topological polar surface area (TPSA) is 36.9 Å². The molecule has 0 aromatic heterocycles. The molecular formula is C8H18O4. The molecule has 0 aromatic rings. The van der Waals surface area contributed by atoms with Gasteiger partial charge in [0, 0.05) is 6.61 Å². The second-order valence-corrected chi connectivity index (χ2v) is 2.16. The van der Waals surface area contributed by atoms with Gasteiger partial charge >= 0.3 is 0 Å². The molecule has 0 aliphatic heterocycles. The Morgan fingerprint density at radius 1 is 0.833 bits per heavy atom. The normalized spacial score (nSPS) is 10.5.